The minimum atomic E-state index is -1.06. The van der Waals surface area contributed by atoms with Crippen molar-refractivity contribution in [1.82, 2.24) is 5.32 Å². The van der Waals surface area contributed by atoms with Crippen LogP contribution >= 0.6 is 0 Å². The minimum Gasteiger partial charge on any atom is -0.460 e. The molecule has 0 bridgehead atoms. The van der Waals surface area contributed by atoms with E-state index in [0.29, 0.717) is 6.42 Å². The minimum absolute atomic E-state index is 0.406. The third-order valence-corrected chi connectivity index (χ3v) is 4.09. The average Bonchev–Trinajstić information content (AvgIpc) is 2.59. The molecule has 1 heterocycles. The Morgan fingerprint density at radius 3 is 2.88 bits per heavy atom. The molecule has 1 aromatic rings. The van der Waals surface area contributed by atoms with E-state index in [1.807, 2.05) is 18.2 Å². The average molecular weight is 233 g/mol. The second-order valence-electron chi connectivity index (χ2n) is 5.03. The normalized spacial score (nSPS) is 34.9. The molecule has 1 aliphatic heterocycles. The van der Waals surface area contributed by atoms with Crippen molar-refractivity contribution in [3.63, 3.8) is 0 Å². The van der Waals surface area contributed by atoms with Gasteiger partial charge in [-0.2, -0.15) is 0 Å². The van der Waals surface area contributed by atoms with E-state index in [-0.39, 0.29) is 0 Å². The molecule has 2 aliphatic rings. The maximum absolute atomic E-state index is 10.8. The van der Waals surface area contributed by atoms with Gasteiger partial charge in [-0.1, -0.05) is 31.5 Å². The molecule has 92 valence electrons. The molecule has 0 spiro atoms. The van der Waals surface area contributed by atoms with Crippen LogP contribution in [0.2, 0.25) is 0 Å². The first-order valence-corrected chi connectivity index (χ1v) is 6.48. The zero-order valence-corrected chi connectivity index (χ0v) is 10.2. The topological polar surface area (TPSA) is 41.5 Å². The van der Waals surface area contributed by atoms with Crippen LogP contribution in [0.15, 0.2) is 24.3 Å². The van der Waals surface area contributed by atoms with Crippen molar-refractivity contribution >= 4 is 0 Å². The molecule has 0 amide bonds. The molecule has 0 radical (unpaired) electrons. The van der Waals surface area contributed by atoms with Crippen LogP contribution in [0, 0.1) is 0 Å². The van der Waals surface area contributed by atoms with E-state index in [9.17, 15) is 5.11 Å². The van der Waals surface area contributed by atoms with Crippen LogP contribution in [0.5, 0.6) is 5.75 Å². The molecule has 2 N–H and O–H groups in total. The summed E-state index contributed by atoms with van der Waals surface area (Å²) in [5.41, 5.74) is 0.709. The Balaban J connectivity index is 2.14. The number of fused-ring (bicyclic) bond motifs is 3. The lowest BCUT2D eigenvalue weighted by Crippen LogP contribution is -2.61. The first kappa shape index (κ1) is 11.1. The summed E-state index contributed by atoms with van der Waals surface area (Å²) in [4.78, 5) is 0. The van der Waals surface area contributed by atoms with E-state index in [4.69, 9.17) is 4.74 Å². The second-order valence-corrected chi connectivity index (χ2v) is 5.03. The molecule has 0 saturated heterocycles. The molecule has 1 saturated carbocycles. The summed E-state index contributed by atoms with van der Waals surface area (Å²) in [6.07, 6.45) is 3.80. The highest BCUT2D eigenvalue weighted by molar-refractivity contribution is 5.46. The van der Waals surface area contributed by atoms with Gasteiger partial charge in [-0.15, -0.1) is 0 Å². The summed E-state index contributed by atoms with van der Waals surface area (Å²) < 4.78 is 5.85. The van der Waals surface area contributed by atoms with Crippen LogP contribution in [0.3, 0.4) is 0 Å². The monoisotopic (exact) mass is 233 g/mol. The summed E-state index contributed by atoms with van der Waals surface area (Å²) in [5.74, 6) is -0.233. The Kier molecular flexibility index (Phi) is 2.42. The highest BCUT2D eigenvalue weighted by Crippen LogP contribution is 2.53. The fourth-order valence-corrected chi connectivity index (χ4v) is 3.36. The third kappa shape index (κ3) is 1.36. The molecule has 17 heavy (non-hydrogen) atoms. The van der Waals surface area contributed by atoms with Crippen molar-refractivity contribution in [3.8, 4) is 5.75 Å². The van der Waals surface area contributed by atoms with Gasteiger partial charge in [0.2, 0.25) is 5.79 Å². The van der Waals surface area contributed by atoms with Gasteiger partial charge in [-0.05, 0) is 25.5 Å². The molecular weight excluding hydrogens is 214 g/mol. The molecule has 3 nitrogen and oxygen atoms in total. The Hall–Kier alpha value is -1.06. The zero-order valence-electron chi connectivity index (χ0n) is 10.2. The van der Waals surface area contributed by atoms with Crippen LogP contribution < -0.4 is 10.1 Å². The van der Waals surface area contributed by atoms with Crippen molar-refractivity contribution in [1.29, 1.82) is 0 Å². The molecule has 0 aromatic heterocycles. The number of nitrogens with one attached hydrogen (secondary N) is 1. The molecule has 2 atom stereocenters. The quantitative estimate of drug-likeness (QED) is 0.822. The molecule has 1 fully saturated rings. The summed E-state index contributed by atoms with van der Waals surface area (Å²) in [5, 5.41) is 14.3. The smallest absolute Gasteiger partial charge is 0.230 e. The van der Waals surface area contributed by atoms with Gasteiger partial charge < -0.3 is 15.2 Å². The number of ether oxygens (including phenoxy) is 1. The molecule has 1 aliphatic carbocycles. The third-order valence-electron chi connectivity index (χ3n) is 4.09. The number of benzene rings is 1. The van der Waals surface area contributed by atoms with Crippen LogP contribution in [0.1, 0.15) is 38.2 Å². The zero-order chi connectivity index (χ0) is 11.9. The number of para-hydroxylation sites is 1. The van der Waals surface area contributed by atoms with E-state index in [2.05, 4.69) is 18.3 Å². The van der Waals surface area contributed by atoms with E-state index in [1.54, 1.807) is 0 Å². The van der Waals surface area contributed by atoms with Crippen molar-refractivity contribution < 1.29 is 9.84 Å². The van der Waals surface area contributed by atoms with Gasteiger partial charge in [-0.25, -0.2) is 0 Å². The number of aliphatic hydroxyl groups is 1. The first-order chi connectivity index (χ1) is 8.22. The standard InChI is InChI=1S/C14H19NO2/c1-2-15-13-9-5-6-10-14(13,16)17-12-8-4-3-7-11(12)13/h3-4,7-8,15-16H,2,5-6,9-10H2,1H3. The Labute approximate surface area is 102 Å². The largest absolute Gasteiger partial charge is 0.460 e. The molecule has 3 rings (SSSR count). The van der Waals surface area contributed by atoms with Crippen LogP contribution in [-0.2, 0) is 5.54 Å². The molecule has 2 unspecified atom stereocenters. The lowest BCUT2D eigenvalue weighted by Gasteiger charge is -2.44. The second kappa shape index (κ2) is 3.72. The lowest BCUT2D eigenvalue weighted by molar-refractivity contribution is -0.201. The van der Waals surface area contributed by atoms with Gasteiger partial charge in [0, 0.05) is 12.0 Å². The highest BCUT2D eigenvalue weighted by Gasteiger charge is 2.60. The predicted octanol–water partition coefficient (Wildman–Crippen LogP) is 2.15. The van der Waals surface area contributed by atoms with Gasteiger partial charge >= 0.3 is 0 Å². The summed E-state index contributed by atoms with van der Waals surface area (Å²) >= 11 is 0. The lowest BCUT2D eigenvalue weighted by atomic mass is 9.73. The van der Waals surface area contributed by atoms with Gasteiger partial charge in [0.15, 0.2) is 0 Å². The number of hydrogen-bond acceptors (Lipinski definition) is 3. The molecule has 3 heteroatoms. The number of likely N-dealkylation sites (N-methyl/N-ethyl adjacent to an activating group) is 1. The Bertz CT molecular complexity index is 430. The number of rotatable bonds is 2. The van der Waals surface area contributed by atoms with Crippen molar-refractivity contribution in [2.45, 2.75) is 43.9 Å². The van der Waals surface area contributed by atoms with Crippen LogP contribution in [0.25, 0.3) is 0 Å². The summed E-state index contributed by atoms with van der Waals surface area (Å²) in [7, 11) is 0. The molecular formula is C14H19NO2. The molecule has 1 aromatic carbocycles. The number of hydrogen-bond donors (Lipinski definition) is 2. The van der Waals surface area contributed by atoms with E-state index < -0.39 is 11.3 Å². The van der Waals surface area contributed by atoms with E-state index >= 15 is 0 Å². The maximum atomic E-state index is 10.8. The Morgan fingerprint density at radius 2 is 2.06 bits per heavy atom. The fraction of sp³-hybridized carbons (Fsp3) is 0.571. The van der Waals surface area contributed by atoms with Gasteiger partial charge in [0.25, 0.3) is 0 Å². The first-order valence-electron chi connectivity index (χ1n) is 6.48. The van der Waals surface area contributed by atoms with E-state index in [0.717, 1.165) is 37.1 Å². The van der Waals surface area contributed by atoms with E-state index in [1.165, 1.54) is 0 Å². The summed E-state index contributed by atoms with van der Waals surface area (Å²) in [6, 6.07) is 7.99. The summed E-state index contributed by atoms with van der Waals surface area (Å²) in [6.45, 7) is 2.91. The van der Waals surface area contributed by atoms with Gasteiger partial charge in [0.1, 0.15) is 11.3 Å². The maximum Gasteiger partial charge on any atom is 0.230 e. The van der Waals surface area contributed by atoms with Crippen molar-refractivity contribution in [3.05, 3.63) is 29.8 Å². The van der Waals surface area contributed by atoms with Gasteiger partial charge in [-0.3, -0.25) is 0 Å². The van der Waals surface area contributed by atoms with Crippen LogP contribution in [-0.4, -0.2) is 17.4 Å². The Morgan fingerprint density at radius 1 is 1.29 bits per heavy atom. The van der Waals surface area contributed by atoms with Gasteiger partial charge in [0.05, 0.1) is 0 Å². The predicted molar refractivity (Wildman–Crippen MR) is 65.8 cm³/mol. The van der Waals surface area contributed by atoms with Crippen molar-refractivity contribution in [2.75, 3.05) is 6.54 Å². The van der Waals surface area contributed by atoms with Crippen LogP contribution in [0.4, 0.5) is 0 Å². The highest BCUT2D eigenvalue weighted by atomic mass is 16.6. The SMILES string of the molecule is CCNC12CCCCC1(O)Oc1ccccc12. The van der Waals surface area contributed by atoms with Crippen molar-refractivity contribution in [2.24, 2.45) is 0 Å². The fourth-order valence-electron chi connectivity index (χ4n) is 3.36.